The van der Waals surface area contributed by atoms with E-state index in [9.17, 15) is 44.3 Å². The molecule has 0 radical (unpaired) electrons. The first-order chi connectivity index (χ1) is 17.2. The van der Waals surface area contributed by atoms with Crippen LogP contribution in [0.15, 0.2) is 48.8 Å². The van der Waals surface area contributed by atoms with E-state index in [0.29, 0.717) is 36.5 Å². The number of amides is 2. The fourth-order valence-electron chi connectivity index (χ4n) is 3.26. The van der Waals surface area contributed by atoms with E-state index in [0.717, 1.165) is 12.3 Å². The molecule has 4 rings (SSSR count). The fraction of sp³-hybridized carbons (Fsp3) is 0.0909. The van der Waals surface area contributed by atoms with E-state index in [1.165, 1.54) is 0 Å². The van der Waals surface area contributed by atoms with E-state index in [2.05, 4.69) is 9.97 Å². The third-order valence-corrected chi connectivity index (χ3v) is 4.85. The molecular formula is C22H11F9N4O2. The number of nitrogens with one attached hydrogen (secondary N) is 3. The molecule has 4 aromatic rings. The summed E-state index contributed by atoms with van der Waals surface area (Å²) in [6, 6.07) is 1.90. The van der Waals surface area contributed by atoms with Crippen LogP contribution in [0.1, 0.15) is 11.1 Å². The van der Waals surface area contributed by atoms with Gasteiger partial charge in [0, 0.05) is 30.2 Å². The second kappa shape index (κ2) is 9.22. The number of nitrogens with zero attached hydrogens (tertiary/aromatic N) is 1. The molecule has 2 heterocycles. The number of carbonyl (C=O) groups is 1. The molecule has 0 atom stereocenters. The summed E-state index contributed by atoms with van der Waals surface area (Å²) in [7, 11) is 0. The molecule has 0 bridgehead atoms. The molecule has 0 saturated heterocycles. The van der Waals surface area contributed by atoms with Crippen molar-refractivity contribution in [1.82, 2.24) is 9.97 Å². The van der Waals surface area contributed by atoms with Gasteiger partial charge in [0.1, 0.15) is 17.2 Å². The number of alkyl halides is 6. The molecule has 0 aliphatic rings. The van der Waals surface area contributed by atoms with E-state index < -0.39 is 75.2 Å². The second-order valence-electron chi connectivity index (χ2n) is 7.38. The standard InChI is InChI=1S/C22H11F9N4O2/c23-12-2-1-9(21(26,27)28)5-15(12)35-20(36)34-10-6-13(24)18(14(25)7-10)37-16-3-4-32-19-17(16)11(8-33-19)22(29,30)31/h1-8H,(H,32,33)(H2,34,35,36). The second-order valence-corrected chi connectivity index (χ2v) is 7.38. The van der Waals surface area contributed by atoms with Gasteiger partial charge in [0.2, 0.25) is 0 Å². The first-order valence-electron chi connectivity index (χ1n) is 9.89. The van der Waals surface area contributed by atoms with Crippen molar-refractivity contribution in [3.8, 4) is 11.5 Å². The van der Waals surface area contributed by atoms with Gasteiger partial charge in [-0.05, 0) is 24.3 Å². The molecule has 6 nitrogen and oxygen atoms in total. The van der Waals surface area contributed by atoms with Crippen LogP contribution in [-0.4, -0.2) is 16.0 Å². The van der Waals surface area contributed by atoms with Crippen molar-refractivity contribution in [3.63, 3.8) is 0 Å². The van der Waals surface area contributed by atoms with Gasteiger partial charge < -0.3 is 20.4 Å². The lowest BCUT2D eigenvalue weighted by Gasteiger charge is -2.14. The number of fused-ring (bicyclic) bond motifs is 1. The number of aromatic amines is 1. The predicted octanol–water partition coefficient (Wildman–Crippen LogP) is 7.45. The molecule has 15 heteroatoms. The first-order valence-corrected chi connectivity index (χ1v) is 9.89. The minimum absolute atomic E-state index is 0.262. The Labute approximate surface area is 200 Å². The number of ether oxygens (including phenoxy) is 1. The third kappa shape index (κ3) is 5.39. The number of pyridine rings is 1. The summed E-state index contributed by atoms with van der Waals surface area (Å²) < 4.78 is 126. The summed E-state index contributed by atoms with van der Waals surface area (Å²) in [4.78, 5) is 18.1. The van der Waals surface area contributed by atoms with Crippen LogP contribution in [0, 0.1) is 17.5 Å². The molecule has 0 fully saturated rings. The molecule has 194 valence electrons. The highest BCUT2D eigenvalue weighted by Gasteiger charge is 2.35. The van der Waals surface area contributed by atoms with Crippen LogP contribution in [0.5, 0.6) is 11.5 Å². The zero-order valence-electron chi connectivity index (χ0n) is 17.8. The molecule has 0 aliphatic heterocycles. The lowest BCUT2D eigenvalue weighted by Crippen LogP contribution is -2.21. The van der Waals surface area contributed by atoms with Crippen LogP contribution in [0.3, 0.4) is 0 Å². The highest BCUT2D eigenvalue weighted by atomic mass is 19.4. The van der Waals surface area contributed by atoms with Crippen LogP contribution in [0.25, 0.3) is 11.0 Å². The summed E-state index contributed by atoms with van der Waals surface area (Å²) in [6.45, 7) is 0. The monoisotopic (exact) mass is 534 g/mol. The number of rotatable bonds is 4. The average Bonchev–Trinajstić information content (AvgIpc) is 3.22. The van der Waals surface area contributed by atoms with Gasteiger partial charge in [0.05, 0.1) is 22.2 Å². The largest absolute Gasteiger partial charge is 0.450 e. The van der Waals surface area contributed by atoms with Crippen molar-refractivity contribution in [2.45, 2.75) is 12.4 Å². The van der Waals surface area contributed by atoms with Crippen LogP contribution in [0.2, 0.25) is 0 Å². The van der Waals surface area contributed by atoms with Crippen molar-refractivity contribution in [2.75, 3.05) is 10.6 Å². The Morgan fingerprint density at radius 2 is 1.54 bits per heavy atom. The third-order valence-electron chi connectivity index (χ3n) is 4.85. The van der Waals surface area contributed by atoms with E-state index in [4.69, 9.17) is 4.74 Å². The number of aromatic nitrogens is 2. The van der Waals surface area contributed by atoms with Crippen LogP contribution >= 0.6 is 0 Å². The SMILES string of the molecule is O=C(Nc1cc(F)c(Oc2ccnc3[nH]cc(C(F)(F)F)c23)c(F)c1)Nc1cc(C(F)(F)F)ccc1F. The van der Waals surface area contributed by atoms with E-state index in [1.807, 2.05) is 5.32 Å². The zero-order valence-corrected chi connectivity index (χ0v) is 17.8. The van der Waals surface area contributed by atoms with Crippen molar-refractivity contribution in [3.05, 3.63) is 77.4 Å². The Kier molecular flexibility index (Phi) is 6.39. The smallest absolute Gasteiger partial charge is 0.418 e. The number of urea groups is 1. The van der Waals surface area contributed by atoms with Gasteiger partial charge in [-0.1, -0.05) is 0 Å². The summed E-state index contributed by atoms with van der Waals surface area (Å²) in [5.41, 5.74) is -4.14. The Balaban J connectivity index is 1.57. The van der Waals surface area contributed by atoms with Crippen LogP contribution < -0.4 is 15.4 Å². The number of benzene rings is 2. The lowest BCUT2D eigenvalue weighted by molar-refractivity contribution is -0.138. The number of H-pyrrole nitrogens is 1. The zero-order chi connectivity index (χ0) is 27.1. The molecular weight excluding hydrogens is 523 g/mol. The molecule has 2 aromatic heterocycles. The Bertz CT molecular complexity index is 1470. The van der Waals surface area contributed by atoms with Crippen molar-refractivity contribution in [2.24, 2.45) is 0 Å². The number of hydrogen-bond donors (Lipinski definition) is 3. The van der Waals surface area contributed by atoms with Crippen molar-refractivity contribution >= 4 is 28.4 Å². The topological polar surface area (TPSA) is 79.0 Å². The van der Waals surface area contributed by atoms with E-state index >= 15 is 0 Å². The van der Waals surface area contributed by atoms with Gasteiger partial charge in [0.25, 0.3) is 0 Å². The normalized spacial score (nSPS) is 12.0. The van der Waals surface area contributed by atoms with Gasteiger partial charge in [-0.15, -0.1) is 0 Å². The van der Waals surface area contributed by atoms with E-state index in [1.54, 1.807) is 5.32 Å². The Morgan fingerprint density at radius 3 is 2.16 bits per heavy atom. The quantitative estimate of drug-likeness (QED) is 0.238. The summed E-state index contributed by atoms with van der Waals surface area (Å²) in [5.74, 6) is -5.80. The predicted molar refractivity (Wildman–Crippen MR) is 112 cm³/mol. The molecule has 37 heavy (non-hydrogen) atoms. The highest BCUT2D eigenvalue weighted by molar-refractivity contribution is 6.00. The number of anilines is 2. The average molecular weight is 534 g/mol. The highest BCUT2D eigenvalue weighted by Crippen LogP contribution is 2.41. The maximum absolute atomic E-state index is 14.6. The fourth-order valence-corrected chi connectivity index (χ4v) is 3.26. The van der Waals surface area contributed by atoms with Crippen LogP contribution in [0.4, 0.5) is 55.7 Å². The maximum atomic E-state index is 14.6. The van der Waals surface area contributed by atoms with Gasteiger partial charge in [-0.2, -0.15) is 26.3 Å². The number of hydrogen-bond acceptors (Lipinski definition) is 3. The Morgan fingerprint density at radius 1 is 0.865 bits per heavy atom. The first kappa shape index (κ1) is 25.7. The lowest BCUT2D eigenvalue weighted by atomic mass is 10.2. The summed E-state index contributed by atoms with van der Waals surface area (Å²) in [5, 5.41) is 3.10. The minimum Gasteiger partial charge on any atom is -0.450 e. The molecule has 0 saturated carbocycles. The molecule has 3 N–H and O–H groups in total. The Hall–Kier alpha value is -4.43. The summed E-state index contributed by atoms with van der Waals surface area (Å²) in [6.07, 6.45) is -8.02. The van der Waals surface area contributed by atoms with Gasteiger partial charge in [0.15, 0.2) is 17.4 Å². The molecule has 0 spiro atoms. The van der Waals surface area contributed by atoms with Crippen molar-refractivity contribution < 1.29 is 49.0 Å². The number of carbonyl (C=O) groups excluding carboxylic acids is 1. The number of halogens is 9. The maximum Gasteiger partial charge on any atom is 0.418 e. The minimum atomic E-state index is -4.84. The van der Waals surface area contributed by atoms with Gasteiger partial charge >= 0.3 is 18.4 Å². The van der Waals surface area contributed by atoms with Gasteiger partial charge in [-0.3, -0.25) is 0 Å². The molecule has 0 unspecified atom stereocenters. The molecule has 2 amide bonds. The van der Waals surface area contributed by atoms with E-state index in [-0.39, 0.29) is 5.65 Å². The van der Waals surface area contributed by atoms with Crippen molar-refractivity contribution in [1.29, 1.82) is 0 Å². The van der Waals surface area contributed by atoms with Crippen LogP contribution in [-0.2, 0) is 12.4 Å². The molecule has 0 aliphatic carbocycles. The summed E-state index contributed by atoms with van der Waals surface area (Å²) >= 11 is 0. The molecule has 2 aromatic carbocycles. The van der Waals surface area contributed by atoms with Gasteiger partial charge in [-0.25, -0.2) is 22.9 Å².